The minimum Gasteiger partial charge on any atom is -0.507 e. The number of aromatic amines is 1. The molecule has 0 aliphatic heterocycles. The predicted molar refractivity (Wildman–Crippen MR) is 49.2 cm³/mol. The molecular formula is C10H7FN2O. The van der Waals surface area contributed by atoms with Crippen molar-refractivity contribution >= 4 is 10.9 Å². The van der Waals surface area contributed by atoms with Gasteiger partial charge in [-0.3, -0.25) is 0 Å². The second kappa shape index (κ2) is 3.04. The third-order valence-electron chi connectivity index (χ3n) is 2.05. The van der Waals surface area contributed by atoms with Crippen molar-refractivity contribution in [3.05, 3.63) is 29.7 Å². The van der Waals surface area contributed by atoms with Gasteiger partial charge in [0.25, 0.3) is 0 Å². The van der Waals surface area contributed by atoms with E-state index in [9.17, 15) is 9.50 Å². The molecule has 14 heavy (non-hydrogen) atoms. The average Bonchev–Trinajstić information content (AvgIpc) is 2.57. The molecule has 0 aliphatic carbocycles. The Balaban J connectivity index is 2.70. The molecule has 0 spiro atoms. The molecule has 2 rings (SSSR count). The fourth-order valence-corrected chi connectivity index (χ4v) is 1.41. The molecule has 70 valence electrons. The summed E-state index contributed by atoms with van der Waals surface area (Å²) in [5.74, 6) is -0.413. The van der Waals surface area contributed by atoms with Gasteiger partial charge in [-0.05, 0) is 18.2 Å². The van der Waals surface area contributed by atoms with Gasteiger partial charge in [0, 0.05) is 11.1 Å². The summed E-state index contributed by atoms with van der Waals surface area (Å²) in [7, 11) is 0. The fraction of sp³-hybridized carbons (Fsp3) is 0.100. The smallest absolute Gasteiger partial charge is 0.147 e. The molecule has 0 amide bonds. The van der Waals surface area contributed by atoms with Crippen LogP contribution in [0, 0.1) is 17.1 Å². The van der Waals surface area contributed by atoms with Gasteiger partial charge in [0.05, 0.1) is 18.0 Å². The first-order chi connectivity index (χ1) is 6.72. The van der Waals surface area contributed by atoms with E-state index in [1.54, 1.807) is 6.07 Å². The largest absolute Gasteiger partial charge is 0.507 e. The first-order valence-electron chi connectivity index (χ1n) is 4.08. The second-order valence-electron chi connectivity index (χ2n) is 2.98. The monoisotopic (exact) mass is 190 g/mol. The number of halogens is 1. The molecule has 0 saturated heterocycles. The van der Waals surface area contributed by atoms with Crippen LogP contribution in [0.3, 0.4) is 0 Å². The number of rotatable bonds is 1. The Bertz CT molecular complexity index is 486. The molecular weight excluding hydrogens is 183 g/mol. The number of H-pyrrole nitrogens is 1. The Kier molecular flexibility index (Phi) is 1.86. The fourth-order valence-electron chi connectivity index (χ4n) is 1.41. The summed E-state index contributed by atoms with van der Waals surface area (Å²) in [5, 5.41) is 18.3. The Morgan fingerprint density at radius 1 is 1.50 bits per heavy atom. The summed E-state index contributed by atoms with van der Waals surface area (Å²) < 4.78 is 13.2. The lowest BCUT2D eigenvalue weighted by Gasteiger charge is -1.94. The minimum absolute atomic E-state index is 0.0156. The quantitative estimate of drug-likeness (QED) is 0.723. The molecule has 1 aromatic heterocycles. The standard InChI is InChI=1S/C10H7FN2O/c11-8-1-2-9(14)7-5-6(3-4-12)13-10(7)8/h1-2,5,13-14H,3H2. The molecule has 0 unspecified atom stereocenters. The lowest BCUT2D eigenvalue weighted by molar-refractivity contribution is 0.480. The molecule has 1 aromatic carbocycles. The Morgan fingerprint density at radius 2 is 2.29 bits per heavy atom. The zero-order valence-electron chi connectivity index (χ0n) is 7.21. The minimum atomic E-state index is -0.429. The molecule has 0 saturated carbocycles. The number of fused-ring (bicyclic) bond motifs is 1. The summed E-state index contributed by atoms with van der Waals surface area (Å²) in [6, 6.07) is 6.01. The highest BCUT2D eigenvalue weighted by Gasteiger charge is 2.08. The van der Waals surface area contributed by atoms with Crippen LogP contribution in [0.1, 0.15) is 5.69 Å². The van der Waals surface area contributed by atoms with E-state index < -0.39 is 5.82 Å². The van der Waals surface area contributed by atoms with Crippen LogP contribution in [0.2, 0.25) is 0 Å². The molecule has 3 nitrogen and oxygen atoms in total. The number of aromatic nitrogens is 1. The van der Waals surface area contributed by atoms with Crippen molar-refractivity contribution in [2.24, 2.45) is 0 Å². The third kappa shape index (κ3) is 1.19. The van der Waals surface area contributed by atoms with Crippen molar-refractivity contribution in [2.75, 3.05) is 0 Å². The topological polar surface area (TPSA) is 59.8 Å². The molecule has 0 bridgehead atoms. The van der Waals surface area contributed by atoms with Gasteiger partial charge in [-0.15, -0.1) is 0 Å². The molecule has 2 aromatic rings. The van der Waals surface area contributed by atoms with Crippen LogP contribution in [-0.4, -0.2) is 10.1 Å². The molecule has 0 aliphatic rings. The summed E-state index contributed by atoms with van der Waals surface area (Å²) in [4.78, 5) is 2.75. The zero-order valence-corrected chi connectivity index (χ0v) is 7.21. The van der Waals surface area contributed by atoms with Crippen molar-refractivity contribution in [3.63, 3.8) is 0 Å². The lowest BCUT2D eigenvalue weighted by Crippen LogP contribution is -1.80. The van der Waals surface area contributed by atoms with E-state index in [4.69, 9.17) is 5.26 Å². The highest BCUT2D eigenvalue weighted by atomic mass is 19.1. The number of nitrogens with zero attached hydrogens (tertiary/aromatic N) is 1. The van der Waals surface area contributed by atoms with Gasteiger partial charge in [0.2, 0.25) is 0 Å². The summed E-state index contributed by atoms with van der Waals surface area (Å²) in [5.41, 5.74) is 0.846. The van der Waals surface area contributed by atoms with Gasteiger partial charge < -0.3 is 10.1 Å². The molecule has 1 heterocycles. The number of hydrogen-bond donors (Lipinski definition) is 2. The highest BCUT2D eigenvalue weighted by Crippen LogP contribution is 2.27. The molecule has 4 heteroatoms. The number of phenolic OH excluding ortho intramolecular Hbond substituents is 1. The maximum Gasteiger partial charge on any atom is 0.147 e. The van der Waals surface area contributed by atoms with Crippen LogP contribution in [0.5, 0.6) is 5.75 Å². The number of aromatic hydroxyl groups is 1. The van der Waals surface area contributed by atoms with Gasteiger partial charge in [-0.25, -0.2) is 4.39 Å². The van der Waals surface area contributed by atoms with Crippen LogP contribution in [0.4, 0.5) is 4.39 Å². The number of nitriles is 1. The molecule has 2 N–H and O–H groups in total. The number of benzene rings is 1. The average molecular weight is 190 g/mol. The van der Waals surface area contributed by atoms with Crippen LogP contribution < -0.4 is 0 Å². The summed E-state index contributed by atoms with van der Waals surface area (Å²) in [6.07, 6.45) is 0.174. The SMILES string of the molecule is N#CCc1cc2c(O)ccc(F)c2[nH]1. The summed E-state index contributed by atoms with van der Waals surface area (Å²) >= 11 is 0. The van der Waals surface area contributed by atoms with Crippen molar-refractivity contribution in [1.29, 1.82) is 5.26 Å². The lowest BCUT2D eigenvalue weighted by atomic mass is 10.2. The van der Waals surface area contributed by atoms with Gasteiger partial charge in [-0.2, -0.15) is 5.26 Å². The Labute approximate surface area is 79.4 Å². The van der Waals surface area contributed by atoms with E-state index in [1.165, 1.54) is 12.1 Å². The van der Waals surface area contributed by atoms with E-state index in [-0.39, 0.29) is 17.7 Å². The van der Waals surface area contributed by atoms with E-state index in [1.807, 2.05) is 6.07 Å². The van der Waals surface area contributed by atoms with Crippen LogP contribution in [0.15, 0.2) is 18.2 Å². The molecule has 0 radical (unpaired) electrons. The number of nitrogens with one attached hydrogen (secondary N) is 1. The Hall–Kier alpha value is -2.02. The molecule has 0 atom stereocenters. The number of phenols is 1. The maximum atomic E-state index is 13.2. The zero-order chi connectivity index (χ0) is 10.1. The van der Waals surface area contributed by atoms with Gasteiger partial charge in [0.15, 0.2) is 0 Å². The third-order valence-corrected chi connectivity index (χ3v) is 2.05. The predicted octanol–water partition coefficient (Wildman–Crippen LogP) is 2.08. The van der Waals surface area contributed by atoms with E-state index >= 15 is 0 Å². The first kappa shape index (κ1) is 8.57. The van der Waals surface area contributed by atoms with Crippen molar-refractivity contribution in [1.82, 2.24) is 4.98 Å². The van der Waals surface area contributed by atoms with Crippen LogP contribution >= 0.6 is 0 Å². The first-order valence-corrected chi connectivity index (χ1v) is 4.08. The van der Waals surface area contributed by atoms with Crippen molar-refractivity contribution in [3.8, 4) is 11.8 Å². The van der Waals surface area contributed by atoms with Crippen LogP contribution in [0.25, 0.3) is 10.9 Å². The summed E-state index contributed by atoms with van der Waals surface area (Å²) in [6.45, 7) is 0. The highest BCUT2D eigenvalue weighted by molar-refractivity contribution is 5.86. The van der Waals surface area contributed by atoms with Crippen molar-refractivity contribution < 1.29 is 9.50 Å². The van der Waals surface area contributed by atoms with E-state index in [0.29, 0.717) is 11.1 Å². The van der Waals surface area contributed by atoms with Gasteiger partial charge in [0.1, 0.15) is 11.6 Å². The normalized spacial score (nSPS) is 10.3. The molecule has 0 fully saturated rings. The van der Waals surface area contributed by atoms with Crippen molar-refractivity contribution in [2.45, 2.75) is 6.42 Å². The second-order valence-corrected chi connectivity index (χ2v) is 2.98. The van der Waals surface area contributed by atoms with Gasteiger partial charge in [-0.1, -0.05) is 0 Å². The van der Waals surface area contributed by atoms with Gasteiger partial charge >= 0.3 is 0 Å². The number of hydrogen-bond acceptors (Lipinski definition) is 2. The van der Waals surface area contributed by atoms with E-state index in [2.05, 4.69) is 4.98 Å². The van der Waals surface area contributed by atoms with E-state index in [0.717, 1.165) is 0 Å². The maximum absolute atomic E-state index is 13.2. The Morgan fingerprint density at radius 3 is 2.93 bits per heavy atom. The van der Waals surface area contributed by atoms with Crippen LogP contribution in [-0.2, 0) is 6.42 Å².